The Morgan fingerprint density at radius 3 is 0.944 bits per heavy atom. The summed E-state index contributed by atoms with van der Waals surface area (Å²) in [5, 5.41) is 3.22. The van der Waals surface area contributed by atoms with Gasteiger partial charge in [0.2, 0.25) is 0 Å². The van der Waals surface area contributed by atoms with Gasteiger partial charge in [-0.25, -0.2) is 0 Å². The van der Waals surface area contributed by atoms with Gasteiger partial charge in [0.25, 0.3) is 0 Å². The lowest BCUT2D eigenvalue weighted by Gasteiger charge is -2.04. The number of benzene rings is 2. The summed E-state index contributed by atoms with van der Waals surface area (Å²) >= 11 is 0. The molecule has 0 aromatic heterocycles. The van der Waals surface area contributed by atoms with E-state index in [4.69, 9.17) is 0 Å². The van der Waals surface area contributed by atoms with Gasteiger partial charge in [0.05, 0.1) is 0 Å². The minimum absolute atomic E-state index is 1.26. The lowest BCUT2D eigenvalue weighted by Crippen LogP contribution is -1.82. The van der Waals surface area contributed by atoms with Crippen molar-refractivity contribution in [3.05, 3.63) is 46.5 Å². The zero-order valence-corrected chi connectivity index (χ0v) is 12.1. The lowest BCUT2D eigenvalue weighted by molar-refractivity contribution is 1.01. The van der Waals surface area contributed by atoms with Gasteiger partial charge >= 0.3 is 0 Å². The topological polar surface area (TPSA) is 0 Å². The maximum atomic E-state index is 2.35. The molecule has 0 atom stereocenters. The first-order valence-corrected chi connectivity index (χ1v) is 7.49. The van der Waals surface area contributed by atoms with E-state index in [0.29, 0.717) is 0 Å². The van der Waals surface area contributed by atoms with Gasteiger partial charge in [0.15, 0.2) is 0 Å². The first-order chi connectivity index (χ1) is 8.93. The van der Waals surface area contributed by atoms with Gasteiger partial charge in [-0.05, 0) is 58.7 Å². The average Bonchev–Trinajstić information content (AvgIpc) is 3.04. The van der Waals surface area contributed by atoms with Crippen molar-refractivity contribution in [3.8, 4) is 0 Å². The first kappa shape index (κ1) is 13.1. The van der Waals surface area contributed by atoms with Crippen LogP contribution in [0.1, 0.15) is 49.9 Å². The fraction of sp³-hybridized carbons (Fsp3) is 0.444. The van der Waals surface area contributed by atoms with E-state index in [1.54, 1.807) is 33.0 Å². The summed E-state index contributed by atoms with van der Waals surface area (Å²) in [5.41, 5.74) is 6.34. The molecule has 0 fully saturated rings. The molecule has 18 heavy (non-hydrogen) atoms. The Hall–Kier alpha value is -1.30. The molecule has 96 valence electrons. The summed E-state index contributed by atoms with van der Waals surface area (Å²) in [6.07, 6.45) is 5.04. The van der Waals surface area contributed by atoms with E-state index in [-0.39, 0.29) is 0 Å². The van der Waals surface area contributed by atoms with Gasteiger partial charge in [-0.15, -0.1) is 0 Å². The molecule has 0 unspecified atom stereocenters. The van der Waals surface area contributed by atoms with Crippen LogP contribution in [0, 0.1) is 0 Å². The molecule has 2 aliphatic rings. The van der Waals surface area contributed by atoms with Crippen molar-refractivity contribution >= 4 is 10.8 Å². The van der Waals surface area contributed by atoms with Crippen molar-refractivity contribution in [1.29, 1.82) is 0 Å². The number of hydrogen-bond acceptors (Lipinski definition) is 0. The maximum absolute atomic E-state index is 2.35. The molecular formula is C18H24. The van der Waals surface area contributed by atoms with Crippen LogP contribution < -0.4 is 0 Å². The Morgan fingerprint density at radius 2 is 0.722 bits per heavy atom. The molecule has 0 heteroatoms. The van der Waals surface area contributed by atoms with E-state index < -0.39 is 0 Å². The lowest BCUT2D eigenvalue weighted by atomic mass is 10.0. The number of aryl methyl sites for hydroxylation is 4. The molecule has 0 saturated heterocycles. The Bertz CT molecular complexity index is 452. The van der Waals surface area contributed by atoms with Crippen LogP contribution >= 0.6 is 0 Å². The molecule has 2 aliphatic carbocycles. The zero-order chi connectivity index (χ0) is 13.1. The predicted molar refractivity (Wildman–Crippen MR) is 81.5 cm³/mol. The SMILES string of the molecule is CC.CC.c1cc2c3c(ccc4c3c1CC4)CC2. The normalized spacial score (nSPS) is 13.8. The van der Waals surface area contributed by atoms with Crippen molar-refractivity contribution in [2.24, 2.45) is 0 Å². The van der Waals surface area contributed by atoms with Gasteiger partial charge < -0.3 is 0 Å². The van der Waals surface area contributed by atoms with E-state index in [0.717, 1.165) is 0 Å². The van der Waals surface area contributed by atoms with Crippen LogP contribution in [0.4, 0.5) is 0 Å². The van der Waals surface area contributed by atoms with Crippen molar-refractivity contribution in [2.45, 2.75) is 53.4 Å². The maximum Gasteiger partial charge on any atom is -0.0114 e. The Balaban J connectivity index is 0.000000277. The fourth-order valence-electron chi connectivity index (χ4n) is 3.16. The van der Waals surface area contributed by atoms with Crippen molar-refractivity contribution in [2.75, 3.05) is 0 Å². The Morgan fingerprint density at radius 1 is 0.500 bits per heavy atom. The highest BCUT2D eigenvalue weighted by Gasteiger charge is 2.21. The van der Waals surface area contributed by atoms with Crippen molar-refractivity contribution in [1.82, 2.24) is 0 Å². The summed E-state index contributed by atoms with van der Waals surface area (Å²) in [4.78, 5) is 0. The van der Waals surface area contributed by atoms with Gasteiger partial charge in [0.1, 0.15) is 0 Å². The highest BCUT2D eigenvalue weighted by atomic mass is 14.2. The zero-order valence-electron chi connectivity index (χ0n) is 12.1. The minimum atomic E-state index is 1.26. The summed E-state index contributed by atoms with van der Waals surface area (Å²) in [6, 6.07) is 9.40. The van der Waals surface area contributed by atoms with E-state index in [2.05, 4.69) is 24.3 Å². The molecule has 0 spiro atoms. The first-order valence-electron chi connectivity index (χ1n) is 7.49. The highest BCUT2D eigenvalue weighted by Crippen LogP contribution is 2.38. The van der Waals surface area contributed by atoms with Crippen LogP contribution in [0.25, 0.3) is 10.8 Å². The molecule has 0 nitrogen and oxygen atoms in total. The van der Waals surface area contributed by atoms with E-state index >= 15 is 0 Å². The second-order valence-corrected chi connectivity index (χ2v) is 4.52. The van der Waals surface area contributed by atoms with Crippen LogP contribution in [-0.4, -0.2) is 0 Å². The monoisotopic (exact) mass is 240 g/mol. The summed E-state index contributed by atoms with van der Waals surface area (Å²) in [5.74, 6) is 0. The third-order valence-electron chi connectivity index (χ3n) is 3.83. The second-order valence-electron chi connectivity index (χ2n) is 4.52. The van der Waals surface area contributed by atoms with Crippen molar-refractivity contribution in [3.63, 3.8) is 0 Å². The standard InChI is InChI=1S/C14H12.2C2H6/c1-2-10-7-8-12-4-3-11-6-5-9(1)13(10)14(11)12;2*1-2/h5-8H,1-4H2;2*1-2H3. The quantitative estimate of drug-likeness (QED) is 0.601. The third-order valence-corrected chi connectivity index (χ3v) is 3.83. The van der Waals surface area contributed by atoms with Gasteiger partial charge in [-0.3, -0.25) is 0 Å². The molecule has 2 aromatic rings. The van der Waals surface area contributed by atoms with Gasteiger partial charge in [-0.2, -0.15) is 0 Å². The van der Waals surface area contributed by atoms with Crippen LogP contribution in [-0.2, 0) is 25.7 Å². The van der Waals surface area contributed by atoms with Gasteiger partial charge in [-0.1, -0.05) is 52.0 Å². The summed E-state index contributed by atoms with van der Waals surface area (Å²) in [6.45, 7) is 8.00. The number of rotatable bonds is 0. The molecule has 0 heterocycles. The van der Waals surface area contributed by atoms with Gasteiger partial charge in [0, 0.05) is 0 Å². The van der Waals surface area contributed by atoms with Crippen LogP contribution in [0.2, 0.25) is 0 Å². The average molecular weight is 240 g/mol. The molecule has 0 amide bonds. The van der Waals surface area contributed by atoms with E-state index in [9.17, 15) is 0 Å². The molecule has 0 radical (unpaired) electrons. The fourth-order valence-corrected chi connectivity index (χ4v) is 3.16. The van der Waals surface area contributed by atoms with Crippen LogP contribution in [0.5, 0.6) is 0 Å². The second kappa shape index (κ2) is 5.56. The molecule has 0 saturated carbocycles. The van der Waals surface area contributed by atoms with E-state index in [1.165, 1.54) is 25.7 Å². The summed E-state index contributed by atoms with van der Waals surface area (Å²) in [7, 11) is 0. The molecular weight excluding hydrogens is 216 g/mol. The summed E-state index contributed by atoms with van der Waals surface area (Å²) < 4.78 is 0. The Kier molecular flexibility index (Phi) is 4.06. The van der Waals surface area contributed by atoms with E-state index in [1.807, 2.05) is 27.7 Å². The predicted octanol–water partition coefficient (Wildman–Crippen LogP) is 5.09. The Labute approximate surface area is 111 Å². The third kappa shape index (κ3) is 1.84. The largest absolute Gasteiger partial charge is 0.0683 e. The molecule has 0 bridgehead atoms. The van der Waals surface area contributed by atoms with Crippen LogP contribution in [0.3, 0.4) is 0 Å². The van der Waals surface area contributed by atoms with Crippen LogP contribution in [0.15, 0.2) is 24.3 Å². The van der Waals surface area contributed by atoms with Crippen molar-refractivity contribution < 1.29 is 0 Å². The molecule has 0 N–H and O–H groups in total. The molecule has 4 rings (SSSR count). The minimum Gasteiger partial charge on any atom is -0.0683 e. The molecule has 2 aromatic carbocycles. The number of hydrogen-bond donors (Lipinski definition) is 0. The highest BCUT2D eigenvalue weighted by molar-refractivity contribution is 5.97. The smallest absolute Gasteiger partial charge is 0.0114 e. The molecule has 0 aliphatic heterocycles.